The van der Waals surface area contributed by atoms with Crippen molar-refractivity contribution in [2.45, 2.75) is 64.6 Å². The van der Waals surface area contributed by atoms with E-state index in [4.69, 9.17) is 4.52 Å². The molecule has 8 nitrogen and oxygen atoms in total. The molecule has 8 heteroatoms. The summed E-state index contributed by atoms with van der Waals surface area (Å²) in [5.74, 6) is 2.46. The minimum Gasteiger partial charge on any atom is -0.351 e. The van der Waals surface area contributed by atoms with Crippen LogP contribution in [-0.4, -0.2) is 49.6 Å². The third kappa shape index (κ3) is 3.51. The van der Waals surface area contributed by atoms with Gasteiger partial charge in [0, 0.05) is 32.0 Å². The molecule has 26 heavy (non-hydrogen) atoms. The van der Waals surface area contributed by atoms with E-state index in [1.165, 1.54) is 6.42 Å². The summed E-state index contributed by atoms with van der Waals surface area (Å²) in [6.45, 7) is 5.33. The number of hydrogen-bond acceptors (Lipinski definition) is 6. The van der Waals surface area contributed by atoms with Crippen LogP contribution in [0.15, 0.2) is 10.7 Å². The molecule has 4 rings (SSSR count). The van der Waals surface area contributed by atoms with Crippen molar-refractivity contribution in [1.82, 2.24) is 29.9 Å². The predicted octanol–water partition coefficient (Wildman–Crippen LogP) is 1.56. The van der Waals surface area contributed by atoms with Gasteiger partial charge < -0.3 is 14.4 Å². The molecule has 1 fully saturated rings. The largest absolute Gasteiger partial charge is 0.351 e. The standard InChI is InChI=1S/C18H26N6O2/c1-2-15-21-17(26-22-15)12-23-9-3-5-13(23)7-8-19-18(25)14-11-20-16-6-4-10-24(14)16/h11,13H,2-10,12H2,1H3,(H,19,25)/t13-/m1/s1. The Morgan fingerprint density at radius 1 is 1.38 bits per heavy atom. The summed E-state index contributed by atoms with van der Waals surface area (Å²) in [6.07, 6.45) is 7.79. The van der Waals surface area contributed by atoms with Gasteiger partial charge in [-0.2, -0.15) is 4.98 Å². The van der Waals surface area contributed by atoms with Crippen molar-refractivity contribution < 1.29 is 9.32 Å². The average molecular weight is 358 g/mol. The van der Waals surface area contributed by atoms with Crippen molar-refractivity contribution in [1.29, 1.82) is 0 Å². The van der Waals surface area contributed by atoms with Crippen molar-refractivity contribution in [2.75, 3.05) is 13.1 Å². The minimum absolute atomic E-state index is 0.0142. The first-order valence-corrected chi connectivity index (χ1v) is 9.62. The van der Waals surface area contributed by atoms with Gasteiger partial charge in [0.05, 0.1) is 12.7 Å². The maximum atomic E-state index is 12.4. The summed E-state index contributed by atoms with van der Waals surface area (Å²) in [4.78, 5) is 23.6. The van der Waals surface area contributed by atoms with Gasteiger partial charge in [-0.1, -0.05) is 12.1 Å². The molecule has 1 amide bonds. The Labute approximate surface area is 153 Å². The summed E-state index contributed by atoms with van der Waals surface area (Å²) >= 11 is 0. The Bertz CT molecular complexity index is 768. The molecule has 140 valence electrons. The van der Waals surface area contributed by atoms with Gasteiger partial charge >= 0.3 is 0 Å². The molecule has 2 aliphatic heterocycles. The van der Waals surface area contributed by atoms with Crippen LogP contribution in [0.25, 0.3) is 0 Å². The van der Waals surface area contributed by atoms with E-state index in [0.29, 0.717) is 30.7 Å². The average Bonchev–Trinajstić information content (AvgIpc) is 3.40. The normalized spacial score (nSPS) is 19.8. The van der Waals surface area contributed by atoms with Gasteiger partial charge in [0.2, 0.25) is 5.89 Å². The lowest BCUT2D eigenvalue weighted by Crippen LogP contribution is -2.34. The number of nitrogens with zero attached hydrogens (tertiary/aromatic N) is 5. The van der Waals surface area contributed by atoms with E-state index in [-0.39, 0.29) is 5.91 Å². The number of rotatable bonds is 7. The van der Waals surface area contributed by atoms with Crippen LogP contribution in [0.3, 0.4) is 0 Å². The van der Waals surface area contributed by atoms with E-state index in [0.717, 1.165) is 56.8 Å². The SMILES string of the molecule is CCc1noc(CN2CCC[C@@H]2CCNC(=O)c2cnc3n2CCC3)n1. The number of imidazole rings is 1. The Hall–Kier alpha value is -2.22. The molecule has 1 saturated heterocycles. The fraction of sp³-hybridized carbons (Fsp3) is 0.667. The molecule has 1 N–H and O–H groups in total. The quantitative estimate of drug-likeness (QED) is 0.808. The van der Waals surface area contributed by atoms with Crippen molar-refractivity contribution in [3.8, 4) is 0 Å². The first kappa shape index (κ1) is 17.2. The Balaban J connectivity index is 1.27. The molecule has 1 atom stereocenters. The van der Waals surface area contributed by atoms with Crippen LogP contribution in [0.5, 0.6) is 0 Å². The molecule has 2 aliphatic rings. The van der Waals surface area contributed by atoms with Crippen LogP contribution in [0.1, 0.15) is 60.6 Å². The third-order valence-electron chi connectivity index (χ3n) is 5.38. The van der Waals surface area contributed by atoms with Gasteiger partial charge in [-0.3, -0.25) is 9.69 Å². The number of carbonyl (C=O) groups is 1. The fourth-order valence-electron chi connectivity index (χ4n) is 3.98. The van der Waals surface area contributed by atoms with Crippen LogP contribution < -0.4 is 5.32 Å². The van der Waals surface area contributed by atoms with E-state index in [1.807, 2.05) is 11.5 Å². The number of carbonyl (C=O) groups excluding carboxylic acids is 1. The molecule has 2 aromatic rings. The summed E-state index contributed by atoms with van der Waals surface area (Å²) in [5, 5.41) is 7.03. The molecule has 2 aromatic heterocycles. The zero-order valence-electron chi connectivity index (χ0n) is 15.3. The van der Waals surface area contributed by atoms with Crippen LogP contribution in [0.4, 0.5) is 0 Å². The number of hydrogen-bond donors (Lipinski definition) is 1. The highest BCUT2D eigenvalue weighted by Crippen LogP contribution is 2.22. The lowest BCUT2D eigenvalue weighted by atomic mass is 10.1. The number of nitrogens with one attached hydrogen (secondary N) is 1. The van der Waals surface area contributed by atoms with Crippen molar-refractivity contribution in [2.24, 2.45) is 0 Å². The van der Waals surface area contributed by atoms with Gasteiger partial charge in [-0.25, -0.2) is 4.98 Å². The third-order valence-corrected chi connectivity index (χ3v) is 5.38. The van der Waals surface area contributed by atoms with E-state index >= 15 is 0 Å². The smallest absolute Gasteiger partial charge is 0.269 e. The lowest BCUT2D eigenvalue weighted by Gasteiger charge is -2.22. The second-order valence-corrected chi connectivity index (χ2v) is 7.08. The second-order valence-electron chi connectivity index (χ2n) is 7.08. The Kier molecular flexibility index (Phi) is 5.01. The van der Waals surface area contributed by atoms with Crippen molar-refractivity contribution >= 4 is 5.91 Å². The summed E-state index contributed by atoms with van der Waals surface area (Å²) < 4.78 is 7.36. The molecule has 4 heterocycles. The summed E-state index contributed by atoms with van der Waals surface area (Å²) in [7, 11) is 0. The lowest BCUT2D eigenvalue weighted by molar-refractivity contribution is 0.0939. The highest BCUT2D eigenvalue weighted by molar-refractivity contribution is 5.92. The van der Waals surface area contributed by atoms with E-state index in [9.17, 15) is 4.79 Å². The van der Waals surface area contributed by atoms with E-state index < -0.39 is 0 Å². The van der Waals surface area contributed by atoms with Gasteiger partial charge in [0.15, 0.2) is 5.82 Å². The number of aromatic nitrogens is 4. The molecule has 0 spiro atoms. The molecule has 0 radical (unpaired) electrons. The van der Waals surface area contributed by atoms with E-state index in [2.05, 4.69) is 25.3 Å². The molecular weight excluding hydrogens is 332 g/mol. The summed E-state index contributed by atoms with van der Waals surface area (Å²) in [6, 6.07) is 0.448. The van der Waals surface area contributed by atoms with Crippen LogP contribution >= 0.6 is 0 Å². The van der Waals surface area contributed by atoms with Crippen molar-refractivity contribution in [3.05, 3.63) is 29.4 Å². The van der Waals surface area contributed by atoms with Gasteiger partial charge in [-0.15, -0.1) is 0 Å². The molecular formula is C18H26N6O2. The Morgan fingerprint density at radius 3 is 3.15 bits per heavy atom. The molecule has 0 aromatic carbocycles. The number of aryl methyl sites for hydroxylation is 2. The van der Waals surface area contributed by atoms with E-state index in [1.54, 1.807) is 6.20 Å². The van der Waals surface area contributed by atoms with Crippen LogP contribution in [0.2, 0.25) is 0 Å². The highest BCUT2D eigenvalue weighted by Gasteiger charge is 2.26. The second kappa shape index (κ2) is 7.57. The Morgan fingerprint density at radius 2 is 2.31 bits per heavy atom. The maximum Gasteiger partial charge on any atom is 0.269 e. The van der Waals surface area contributed by atoms with Crippen LogP contribution in [-0.2, 0) is 25.9 Å². The first-order chi connectivity index (χ1) is 12.7. The number of amides is 1. The molecule has 0 bridgehead atoms. The first-order valence-electron chi connectivity index (χ1n) is 9.62. The topological polar surface area (TPSA) is 89.1 Å². The molecule has 0 unspecified atom stereocenters. The number of likely N-dealkylation sites (tertiary alicyclic amines) is 1. The highest BCUT2D eigenvalue weighted by atomic mass is 16.5. The minimum atomic E-state index is -0.0142. The maximum absolute atomic E-state index is 12.4. The number of fused-ring (bicyclic) bond motifs is 1. The predicted molar refractivity (Wildman–Crippen MR) is 94.6 cm³/mol. The van der Waals surface area contributed by atoms with Crippen LogP contribution in [0, 0.1) is 0 Å². The van der Waals surface area contributed by atoms with Gasteiger partial charge in [0.1, 0.15) is 11.5 Å². The fourth-order valence-corrected chi connectivity index (χ4v) is 3.98. The van der Waals surface area contributed by atoms with Crippen molar-refractivity contribution in [3.63, 3.8) is 0 Å². The monoisotopic (exact) mass is 358 g/mol. The van der Waals surface area contributed by atoms with Gasteiger partial charge in [-0.05, 0) is 32.2 Å². The molecule has 0 saturated carbocycles. The van der Waals surface area contributed by atoms with Gasteiger partial charge in [0.25, 0.3) is 5.91 Å². The zero-order valence-corrected chi connectivity index (χ0v) is 15.3. The zero-order chi connectivity index (χ0) is 17.9. The summed E-state index contributed by atoms with van der Waals surface area (Å²) in [5.41, 5.74) is 0.693. The molecule has 0 aliphatic carbocycles.